The summed E-state index contributed by atoms with van der Waals surface area (Å²) in [5, 5.41) is 6.41. The maximum atomic E-state index is 12.3. The lowest BCUT2D eigenvalue weighted by Gasteiger charge is -2.14. The molecule has 1 heterocycles. The summed E-state index contributed by atoms with van der Waals surface area (Å²) in [7, 11) is 0. The molecule has 1 unspecified atom stereocenters. The maximum absolute atomic E-state index is 12.3. The summed E-state index contributed by atoms with van der Waals surface area (Å²) in [6.45, 7) is 2.44. The highest BCUT2D eigenvalue weighted by molar-refractivity contribution is 5.79. The molecule has 0 aliphatic rings. The Morgan fingerprint density at radius 2 is 2.28 bits per heavy atom. The van der Waals surface area contributed by atoms with Gasteiger partial charge in [0.05, 0.1) is 18.3 Å². The van der Waals surface area contributed by atoms with Gasteiger partial charge in [-0.05, 0) is 13.0 Å². The standard InChI is InChI=1S/C10H15F3N4O/c1-2-3-15-8(9(14)18)6-17-5-7(4-16-17)10(11,12)13/h4-5,8,15H,2-3,6H2,1H3,(H2,14,18). The van der Waals surface area contributed by atoms with Crippen molar-refractivity contribution in [1.82, 2.24) is 15.1 Å². The zero-order valence-corrected chi connectivity index (χ0v) is 9.87. The molecule has 0 saturated heterocycles. The number of amides is 1. The second-order valence-corrected chi connectivity index (χ2v) is 3.86. The molecule has 3 N–H and O–H groups in total. The third-order valence-electron chi connectivity index (χ3n) is 2.31. The van der Waals surface area contributed by atoms with Crippen LogP contribution in [0, 0.1) is 0 Å². The molecule has 5 nitrogen and oxygen atoms in total. The minimum Gasteiger partial charge on any atom is -0.368 e. The van der Waals surface area contributed by atoms with Crippen LogP contribution in [-0.4, -0.2) is 28.3 Å². The molecule has 0 radical (unpaired) electrons. The largest absolute Gasteiger partial charge is 0.419 e. The Morgan fingerprint density at radius 3 is 2.72 bits per heavy atom. The molecule has 102 valence electrons. The number of hydrogen-bond donors (Lipinski definition) is 2. The van der Waals surface area contributed by atoms with Gasteiger partial charge in [-0.25, -0.2) is 0 Å². The van der Waals surface area contributed by atoms with E-state index in [4.69, 9.17) is 5.73 Å². The lowest BCUT2D eigenvalue weighted by molar-refractivity contribution is -0.137. The minimum atomic E-state index is -4.43. The number of primary amides is 1. The van der Waals surface area contributed by atoms with Crippen LogP contribution in [0.15, 0.2) is 12.4 Å². The van der Waals surface area contributed by atoms with Crippen LogP contribution >= 0.6 is 0 Å². The molecule has 18 heavy (non-hydrogen) atoms. The lowest BCUT2D eigenvalue weighted by atomic mass is 10.2. The first-order valence-corrected chi connectivity index (χ1v) is 5.47. The van der Waals surface area contributed by atoms with Crippen molar-refractivity contribution < 1.29 is 18.0 Å². The molecule has 0 bridgehead atoms. The Bertz CT molecular complexity index is 402. The highest BCUT2D eigenvalue weighted by Crippen LogP contribution is 2.28. The highest BCUT2D eigenvalue weighted by atomic mass is 19.4. The number of rotatable bonds is 6. The van der Waals surface area contributed by atoms with E-state index in [1.807, 2.05) is 6.92 Å². The first kappa shape index (κ1) is 14.5. The number of alkyl halides is 3. The van der Waals surface area contributed by atoms with Crippen molar-refractivity contribution in [1.29, 1.82) is 0 Å². The van der Waals surface area contributed by atoms with Gasteiger partial charge in [0.25, 0.3) is 0 Å². The molecule has 1 rings (SSSR count). The topological polar surface area (TPSA) is 72.9 Å². The second-order valence-electron chi connectivity index (χ2n) is 3.86. The number of carbonyl (C=O) groups is 1. The monoisotopic (exact) mass is 264 g/mol. The van der Waals surface area contributed by atoms with Crippen molar-refractivity contribution >= 4 is 5.91 Å². The van der Waals surface area contributed by atoms with Gasteiger partial charge in [0, 0.05) is 6.20 Å². The van der Waals surface area contributed by atoms with Gasteiger partial charge in [-0.3, -0.25) is 9.48 Å². The molecule has 0 fully saturated rings. The summed E-state index contributed by atoms with van der Waals surface area (Å²) < 4.78 is 38.1. The Balaban J connectivity index is 2.69. The molecule has 1 aromatic heterocycles. The normalized spacial score (nSPS) is 13.6. The summed E-state index contributed by atoms with van der Waals surface area (Å²) in [5.41, 5.74) is 4.31. The molecule has 0 aliphatic carbocycles. The summed E-state index contributed by atoms with van der Waals surface area (Å²) in [6.07, 6.45) is -2.07. The molecule has 1 aromatic rings. The fraction of sp³-hybridized carbons (Fsp3) is 0.600. The van der Waals surface area contributed by atoms with Crippen molar-refractivity contribution in [3.05, 3.63) is 18.0 Å². The first-order chi connectivity index (χ1) is 8.34. The first-order valence-electron chi connectivity index (χ1n) is 5.47. The number of nitrogens with one attached hydrogen (secondary N) is 1. The quantitative estimate of drug-likeness (QED) is 0.796. The zero-order chi connectivity index (χ0) is 13.8. The third kappa shape index (κ3) is 4.02. The number of carbonyl (C=O) groups excluding carboxylic acids is 1. The van der Waals surface area contributed by atoms with Crippen LogP contribution in [0.25, 0.3) is 0 Å². The summed E-state index contributed by atoms with van der Waals surface area (Å²) in [5.74, 6) is -0.618. The molecule has 0 spiro atoms. The average molecular weight is 264 g/mol. The Kier molecular flexibility index (Phi) is 4.71. The predicted molar refractivity (Wildman–Crippen MR) is 58.5 cm³/mol. The van der Waals surface area contributed by atoms with Crippen LogP contribution in [0.1, 0.15) is 18.9 Å². The molecule has 0 aromatic carbocycles. The fourth-order valence-electron chi connectivity index (χ4n) is 1.37. The van der Waals surface area contributed by atoms with Gasteiger partial charge in [-0.15, -0.1) is 0 Å². The Morgan fingerprint density at radius 1 is 1.61 bits per heavy atom. The van der Waals surface area contributed by atoms with Crippen LogP contribution in [0.5, 0.6) is 0 Å². The zero-order valence-electron chi connectivity index (χ0n) is 9.87. The number of halogens is 3. The van der Waals surface area contributed by atoms with Crippen LogP contribution in [0.2, 0.25) is 0 Å². The van der Waals surface area contributed by atoms with Gasteiger partial charge < -0.3 is 11.1 Å². The van der Waals surface area contributed by atoms with E-state index in [9.17, 15) is 18.0 Å². The van der Waals surface area contributed by atoms with Crippen molar-refractivity contribution in [2.24, 2.45) is 5.73 Å². The number of nitrogens with zero attached hydrogens (tertiary/aromatic N) is 2. The summed E-state index contributed by atoms with van der Waals surface area (Å²) in [4.78, 5) is 11.1. The predicted octanol–water partition coefficient (Wildman–Crippen LogP) is 0.755. The van der Waals surface area contributed by atoms with Gasteiger partial charge in [-0.2, -0.15) is 18.3 Å². The Labute approximate surface area is 102 Å². The third-order valence-corrected chi connectivity index (χ3v) is 2.31. The van der Waals surface area contributed by atoms with E-state index in [0.29, 0.717) is 6.54 Å². The average Bonchev–Trinajstić information content (AvgIpc) is 2.71. The van der Waals surface area contributed by atoms with E-state index in [0.717, 1.165) is 23.5 Å². The summed E-state index contributed by atoms with van der Waals surface area (Å²) >= 11 is 0. The van der Waals surface area contributed by atoms with Crippen molar-refractivity contribution in [3.63, 3.8) is 0 Å². The SMILES string of the molecule is CCCNC(Cn1cc(C(F)(F)F)cn1)C(N)=O. The molecular formula is C10H15F3N4O. The van der Waals surface area contributed by atoms with E-state index < -0.39 is 23.7 Å². The van der Waals surface area contributed by atoms with E-state index in [2.05, 4.69) is 10.4 Å². The van der Waals surface area contributed by atoms with Gasteiger partial charge in [0.2, 0.25) is 5.91 Å². The second kappa shape index (κ2) is 5.85. The van der Waals surface area contributed by atoms with Crippen LogP contribution in [0.4, 0.5) is 13.2 Å². The highest BCUT2D eigenvalue weighted by Gasteiger charge is 2.32. The van der Waals surface area contributed by atoms with Gasteiger partial charge in [0.15, 0.2) is 0 Å². The van der Waals surface area contributed by atoms with Gasteiger partial charge in [0.1, 0.15) is 6.04 Å². The van der Waals surface area contributed by atoms with E-state index in [1.165, 1.54) is 0 Å². The van der Waals surface area contributed by atoms with Crippen molar-refractivity contribution in [2.45, 2.75) is 32.1 Å². The molecule has 8 heteroatoms. The Hall–Kier alpha value is -1.57. The molecule has 0 saturated carbocycles. The smallest absolute Gasteiger partial charge is 0.368 e. The molecular weight excluding hydrogens is 249 g/mol. The van der Waals surface area contributed by atoms with Crippen LogP contribution in [-0.2, 0) is 17.5 Å². The molecule has 1 atom stereocenters. The lowest BCUT2D eigenvalue weighted by Crippen LogP contribution is -2.44. The van der Waals surface area contributed by atoms with Gasteiger partial charge in [-0.1, -0.05) is 6.92 Å². The minimum absolute atomic E-state index is 0.0224. The van der Waals surface area contributed by atoms with E-state index in [-0.39, 0.29) is 6.54 Å². The van der Waals surface area contributed by atoms with Gasteiger partial charge >= 0.3 is 6.18 Å². The van der Waals surface area contributed by atoms with Crippen LogP contribution in [0.3, 0.4) is 0 Å². The summed E-state index contributed by atoms with van der Waals surface area (Å²) in [6, 6.07) is -0.731. The fourth-order valence-corrected chi connectivity index (χ4v) is 1.37. The maximum Gasteiger partial charge on any atom is 0.419 e. The van der Waals surface area contributed by atoms with Crippen molar-refractivity contribution in [3.8, 4) is 0 Å². The molecule has 0 aliphatic heterocycles. The number of hydrogen-bond acceptors (Lipinski definition) is 3. The number of aromatic nitrogens is 2. The van der Waals surface area contributed by atoms with E-state index in [1.54, 1.807) is 0 Å². The van der Waals surface area contributed by atoms with E-state index >= 15 is 0 Å². The molecule has 1 amide bonds. The van der Waals surface area contributed by atoms with Crippen LogP contribution < -0.4 is 11.1 Å². The number of nitrogens with two attached hydrogens (primary N) is 1. The van der Waals surface area contributed by atoms with Crippen molar-refractivity contribution in [2.75, 3.05) is 6.54 Å².